The average Bonchev–Trinajstić information content (AvgIpc) is 3.27. The number of aliphatic hydroxyl groups excluding tert-OH is 1. The van der Waals surface area contributed by atoms with Gasteiger partial charge in [0.15, 0.2) is 0 Å². The maximum atomic E-state index is 13.6. The van der Waals surface area contributed by atoms with Gasteiger partial charge >= 0.3 is 6.18 Å². The van der Waals surface area contributed by atoms with Gasteiger partial charge in [0, 0.05) is 16.5 Å². The molecule has 2 aromatic carbocycles. The van der Waals surface area contributed by atoms with Crippen LogP contribution in [0.15, 0.2) is 59.4 Å². The Labute approximate surface area is 212 Å². The van der Waals surface area contributed by atoms with Crippen LogP contribution in [0.3, 0.4) is 0 Å². The summed E-state index contributed by atoms with van der Waals surface area (Å²) in [7, 11) is 0. The minimum absolute atomic E-state index is 0.112. The number of hydrogen-bond donors (Lipinski definition) is 1. The first-order chi connectivity index (χ1) is 17.7. The lowest BCUT2D eigenvalue weighted by Crippen LogP contribution is -2.26. The molecule has 0 bridgehead atoms. The standard InChI is InChI=1S/C30H27F3N2O2/c1-17-21(28(36)19-10-6-3-7-11-19)15-25-27-23(16-35(25)29(17)37)26(18-8-4-2-5-9-18)22-14-20(30(31,32)33)12-13-24(22)34-27/h2,4-5,8-9,12-15,19,28,36H,3,6-7,10-11,16H2,1H3. The van der Waals surface area contributed by atoms with Gasteiger partial charge in [-0.05, 0) is 66.6 Å². The predicted octanol–water partition coefficient (Wildman–Crippen LogP) is 7.03. The molecule has 4 aromatic rings. The molecule has 4 nitrogen and oxygen atoms in total. The van der Waals surface area contributed by atoms with E-state index in [1.807, 2.05) is 36.4 Å². The molecule has 6 rings (SSSR count). The fraction of sp³-hybridized carbons (Fsp3) is 0.333. The number of nitrogens with zero attached hydrogens (tertiary/aromatic N) is 2. The van der Waals surface area contributed by atoms with Gasteiger partial charge in [-0.25, -0.2) is 4.98 Å². The Kier molecular flexibility index (Phi) is 5.71. The van der Waals surface area contributed by atoms with Gasteiger partial charge in [-0.3, -0.25) is 4.79 Å². The number of alkyl halides is 3. The molecule has 2 aliphatic rings. The van der Waals surface area contributed by atoms with Crippen LogP contribution in [0.4, 0.5) is 13.2 Å². The Morgan fingerprint density at radius 2 is 1.76 bits per heavy atom. The van der Waals surface area contributed by atoms with Crippen LogP contribution in [0.1, 0.15) is 60.5 Å². The van der Waals surface area contributed by atoms with Crippen LogP contribution in [0.5, 0.6) is 0 Å². The highest BCUT2D eigenvalue weighted by Crippen LogP contribution is 2.44. The molecule has 1 atom stereocenters. The second-order valence-corrected chi connectivity index (χ2v) is 10.3. The van der Waals surface area contributed by atoms with Crippen molar-refractivity contribution in [2.24, 2.45) is 5.92 Å². The molecule has 0 amide bonds. The molecule has 37 heavy (non-hydrogen) atoms. The van der Waals surface area contributed by atoms with Crippen molar-refractivity contribution < 1.29 is 18.3 Å². The topological polar surface area (TPSA) is 55.1 Å². The number of aromatic nitrogens is 2. The van der Waals surface area contributed by atoms with Gasteiger partial charge in [0.2, 0.25) is 0 Å². The third-order valence-corrected chi connectivity index (χ3v) is 8.03. The molecule has 0 saturated heterocycles. The maximum Gasteiger partial charge on any atom is 0.416 e. The van der Waals surface area contributed by atoms with Crippen molar-refractivity contribution in [2.75, 3.05) is 0 Å². The Morgan fingerprint density at radius 3 is 2.46 bits per heavy atom. The van der Waals surface area contributed by atoms with E-state index in [9.17, 15) is 23.1 Å². The van der Waals surface area contributed by atoms with E-state index in [0.29, 0.717) is 39.0 Å². The monoisotopic (exact) mass is 504 g/mol. The lowest BCUT2D eigenvalue weighted by Gasteiger charge is -2.28. The highest BCUT2D eigenvalue weighted by molar-refractivity contribution is 6.00. The van der Waals surface area contributed by atoms with Crippen LogP contribution >= 0.6 is 0 Å². The van der Waals surface area contributed by atoms with Crippen molar-refractivity contribution in [3.05, 3.63) is 87.2 Å². The number of rotatable bonds is 3. The largest absolute Gasteiger partial charge is 0.416 e. The molecule has 1 N–H and O–H groups in total. The van der Waals surface area contributed by atoms with E-state index in [2.05, 4.69) is 0 Å². The molecule has 190 valence electrons. The summed E-state index contributed by atoms with van der Waals surface area (Å²) < 4.78 is 42.5. The maximum absolute atomic E-state index is 13.6. The molecule has 1 unspecified atom stereocenters. The molecule has 0 spiro atoms. The van der Waals surface area contributed by atoms with Crippen LogP contribution in [-0.4, -0.2) is 14.7 Å². The average molecular weight is 505 g/mol. The van der Waals surface area contributed by atoms with Crippen LogP contribution in [0.2, 0.25) is 0 Å². The summed E-state index contributed by atoms with van der Waals surface area (Å²) in [6, 6.07) is 14.8. The fourth-order valence-corrected chi connectivity index (χ4v) is 6.07. The highest BCUT2D eigenvalue weighted by atomic mass is 19.4. The van der Waals surface area contributed by atoms with Gasteiger partial charge in [0.25, 0.3) is 5.56 Å². The van der Waals surface area contributed by atoms with Crippen LogP contribution in [0, 0.1) is 12.8 Å². The van der Waals surface area contributed by atoms with Gasteiger partial charge in [-0.2, -0.15) is 13.2 Å². The zero-order valence-electron chi connectivity index (χ0n) is 20.5. The van der Waals surface area contributed by atoms with Gasteiger partial charge in [0.05, 0.1) is 35.1 Å². The van der Waals surface area contributed by atoms with Gasteiger partial charge < -0.3 is 9.67 Å². The van der Waals surface area contributed by atoms with Crippen molar-refractivity contribution in [3.8, 4) is 22.5 Å². The van der Waals surface area contributed by atoms with Crippen LogP contribution < -0.4 is 5.56 Å². The van der Waals surface area contributed by atoms with Gasteiger partial charge in [0.1, 0.15) is 0 Å². The zero-order chi connectivity index (χ0) is 25.9. The molecule has 7 heteroatoms. The summed E-state index contributed by atoms with van der Waals surface area (Å²) in [6.07, 6.45) is -0.0504. The molecular weight excluding hydrogens is 477 g/mol. The first kappa shape index (κ1) is 23.9. The number of pyridine rings is 2. The zero-order valence-corrected chi connectivity index (χ0v) is 20.5. The molecule has 3 heterocycles. The van der Waals surface area contributed by atoms with Crippen molar-refractivity contribution in [2.45, 2.75) is 57.9 Å². The number of fused-ring (bicyclic) bond motifs is 4. The Morgan fingerprint density at radius 1 is 1.03 bits per heavy atom. The number of benzene rings is 2. The molecule has 1 fully saturated rings. The van der Waals surface area contributed by atoms with Crippen LogP contribution in [-0.2, 0) is 12.7 Å². The summed E-state index contributed by atoms with van der Waals surface area (Å²) >= 11 is 0. The minimum atomic E-state index is -4.48. The SMILES string of the molecule is Cc1c(C(O)C2CCCCC2)cc2n(c1=O)Cc1c-2nc2ccc(C(F)(F)F)cc2c1-c1ccccc1. The van der Waals surface area contributed by atoms with E-state index in [-0.39, 0.29) is 18.0 Å². The molecule has 1 aliphatic carbocycles. The van der Waals surface area contributed by atoms with Crippen molar-refractivity contribution >= 4 is 10.9 Å². The fourth-order valence-electron chi connectivity index (χ4n) is 6.07. The number of halogens is 3. The summed E-state index contributed by atoms with van der Waals surface area (Å²) in [4.78, 5) is 18.3. The molecular formula is C30H27F3N2O2. The first-order valence-electron chi connectivity index (χ1n) is 12.8. The summed E-state index contributed by atoms with van der Waals surface area (Å²) in [5, 5.41) is 11.7. The Bertz CT molecular complexity index is 1570. The third kappa shape index (κ3) is 3.96. The van der Waals surface area contributed by atoms with Crippen molar-refractivity contribution in [1.29, 1.82) is 0 Å². The van der Waals surface area contributed by atoms with E-state index in [1.54, 1.807) is 11.5 Å². The van der Waals surface area contributed by atoms with Crippen molar-refractivity contribution in [1.82, 2.24) is 9.55 Å². The summed E-state index contributed by atoms with van der Waals surface area (Å²) in [5.41, 5.74) is 3.98. The van der Waals surface area contributed by atoms with Gasteiger partial charge in [-0.15, -0.1) is 0 Å². The van der Waals surface area contributed by atoms with Gasteiger partial charge in [-0.1, -0.05) is 49.6 Å². The molecule has 2 aromatic heterocycles. The summed E-state index contributed by atoms with van der Waals surface area (Å²) in [5.74, 6) is 0.112. The van der Waals surface area contributed by atoms with Crippen molar-refractivity contribution in [3.63, 3.8) is 0 Å². The number of aliphatic hydroxyl groups is 1. The summed E-state index contributed by atoms with van der Waals surface area (Å²) in [6.45, 7) is 1.96. The normalized spacial score (nSPS) is 16.6. The Hall–Kier alpha value is -3.45. The third-order valence-electron chi connectivity index (χ3n) is 8.03. The van der Waals surface area contributed by atoms with E-state index in [4.69, 9.17) is 4.98 Å². The smallest absolute Gasteiger partial charge is 0.388 e. The van der Waals surface area contributed by atoms with E-state index < -0.39 is 17.8 Å². The van der Waals surface area contributed by atoms with E-state index in [0.717, 1.165) is 55.4 Å². The molecule has 1 aliphatic heterocycles. The molecule has 1 saturated carbocycles. The second kappa shape index (κ2) is 8.84. The second-order valence-electron chi connectivity index (χ2n) is 10.3. The predicted molar refractivity (Wildman–Crippen MR) is 137 cm³/mol. The Balaban J connectivity index is 1.59. The van der Waals surface area contributed by atoms with Crippen LogP contribution in [0.25, 0.3) is 33.4 Å². The van der Waals surface area contributed by atoms with E-state index >= 15 is 0 Å². The van der Waals surface area contributed by atoms with E-state index in [1.165, 1.54) is 6.07 Å². The quantitative estimate of drug-likeness (QED) is 0.287. The minimum Gasteiger partial charge on any atom is -0.388 e. The number of hydrogen-bond acceptors (Lipinski definition) is 3. The molecule has 0 radical (unpaired) electrons. The lowest BCUT2D eigenvalue weighted by atomic mass is 9.82. The highest BCUT2D eigenvalue weighted by Gasteiger charge is 2.34. The first-order valence-corrected chi connectivity index (χ1v) is 12.8. The lowest BCUT2D eigenvalue weighted by molar-refractivity contribution is -0.137.